The van der Waals surface area contributed by atoms with Crippen molar-refractivity contribution in [1.82, 2.24) is 10.6 Å². The molecule has 0 fully saturated rings. The van der Waals surface area contributed by atoms with Crippen molar-refractivity contribution in [2.45, 2.75) is 0 Å². The maximum atomic E-state index is 13.1. The van der Waals surface area contributed by atoms with Crippen LogP contribution in [-0.2, 0) is 9.53 Å². The van der Waals surface area contributed by atoms with Crippen molar-refractivity contribution >= 4 is 35.4 Å². The third-order valence-corrected chi connectivity index (χ3v) is 4.20. The van der Waals surface area contributed by atoms with Gasteiger partial charge >= 0.3 is 12.0 Å². The number of carbonyl (C=O) groups excluding carboxylic acids is 5. The molecule has 2 aromatic rings. The zero-order valence-corrected chi connectivity index (χ0v) is 16.0. The molecule has 0 bridgehead atoms. The molecule has 2 aromatic carbocycles. The Hall–Kier alpha value is -4.34. The second-order valence-electron chi connectivity index (χ2n) is 6.31. The van der Waals surface area contributed by atoms with Crippen LogP contribution < -0.4 is 15.5 Å². The number of carbonyl (C=O) groups is 5. The Morgan fingerprint density at radius 3 is 2.39 bits per heavy atom. The first kappa shape index (κ1) is 21.4. The molecule has 158 valence electrons. The maximum absolute atomic E-state index is 13.1. The van der Waals surface area contributed by atoms with Crippen LogP contribution in [-0.4, -0.2) is 42.9 Å². The molecule has 0 saturated carbocycles. The lowest BCUT2D eigenvalue weighted by Crippen LogP contribution is -2.41. The highest BCUT2D eigenvalue weighted by Crippen LogP contribution is 2.29. The zero-order valence-electron chi connectivity index (χ0n) is 16.0. The molecule has 0 saturated heterocycles. The number of halogens is 1. The molecular formula is C21H16FN3O6. The molecule has 1 aliphatic rings. The van der Waals surface area contributed by atoms with Crippen LogP contribution >= 0.6 is 0 Å². The van der Waals surface area contributed by atoms with Gasteiger partial charge in [0.15, 0.2) is 6.61 Å². The average molecular weight is 425 g/mol. The van der Waals surface area contributed by atoms with Gasteiger partial charge in [0.25, 0.3) is 17.7 Å². The van der Waals surface area contributed by atoms with E-state index in [2.05, 4.69) is 11.9 Å². The van der Waals surface area contributed by atoms with Crippen molar-refractivity contribution < 1.29 is 33.1 Å². The van der Waals surface area contributed by atoms with Crippen molar-refractivity contribution in [3.8, 4) is 0 Å². The van der Waals surface area contributed by atoms with Crippen molar-refractivity contribution in [3.63, 3.8) is 0 Å². The lowest BCUT2D eigenvalue weighted by molar-refractivity contribution is -0.123. The molecule has 0 aliphatic carbocycles. The lowest BCUT2D eigenvalue weighted by Gasteiger charge is -2.13. The van der Waals surface area contributed by atoms with Gasteiger partial charge in [-0.1, -0.05) is 6.08 Å². The van der Waals surface area contributed by atoms with Crippen LogP contribution in [0.5, 0.6) is 0 Å². The second-order valence-corrected chi connectivity index (χ2v) is 6.31. The van der Waals surface area contributed by atoms with Gasteiger partial charge in [-0.3, -0.25) is 19.7 Å². The first-order chi connectivity index (χ1) is 14.8. The molecule has 31 heavy (non-hydrogen) atoms. The number of nitrogens with one attached hydrogen (secondary N) is 2. The summed E-state index contributed by atoms with van der Waals surface area (Å²) in [5.41, 5.74) is 0.160. The van der Waals surface area contributed by atoms with Crippen molar-refractivity contribution in [3.05, 3.63) is 77.6 Å². The standard InChI is InChI=1S/C21H16FN3O6/c1-2-9-23-21(30)24-17(26)11-31-20(29)12-3-8-15-16(10-12)19(28)25(18(15)27)14-6-4-13(22)5-7-14/h2-8,10H,1,9,11H2,(H2,23,24,26,30). The summed E-state index contributed by atoms with van der Waals surface area (Å²) in [6.07, 6.45) is 1.42. The minimum Gasteiger partial charge on any atom is -0.452 e. The molecular weight excluding hydrogens is 409 g/mol. The number of hydrogen-bond acceptors (Lipinski definition) is 6. The minimum absolute atomic E-state index is 0.0305. The third-order valence-electron chi connectivity index (χ3n) is 4.20. The molecule has 0 radical (unpaired) electrons. The smallest absolute Gasteiger partial charge is 0.338 e. The summed E-state index contributed by atoms with van der Waals surface area (Å²) in [5, 5.41) is 4.27. The quantitative estimate of drug-likeness (QED) is 0.413. The predicted molar refractivity (Wildman–Crippen MR) is 106 cm³/mol. The normalized spacial score (nSPS) is 12.2. The van der Waals surface area contributed by atoms with Crippen LogP contribution in [0.15, 0.2) is 55.1 Å². The highest BCUT2D eigenvalue weighted by atomic mass is 19.1. The van der Waals surface area contributed by atoms with E-state index in [0.717, 1.165) is 17.0 Å². The van der Waals surface area contributed by atoms with E-state index in [9.17, 15) is 28.4 Å². The topological polar surface area (TPSA) is 122 Å². The average Bonchev–Trinajstić information content (AvgIpc) is 3.01. The van der Waals surface area contributed by atoms with Gasteiger partial charge in [0, 0.05) is 6.54 Å². The van der Waals surface area contributed by atoms with Crippen molar-refractivity contribution in [1.29, 1.82) is 0 Å². The van der Waals surface area contributed by atoms with Crippen LogP contribution in [0.1, 0.15) is 31.1 Å². The fourth-order valence-corrected chi connectivity index (χ4v) is 2.78. The van der Waals surface area contributed by atoms with Crippen molar-refractivity contribution in [2.24, 2.45) is 0 Å². The SMILES string of the molecule is C=CCNC(=O)NC(=O)COC(=O)c1ccc2c(c1)C(=O)N(c1ccc(F)cc1)C2=O. The summed E-state index contributed by atoms with van der Waals surface area (Å²) in [4.78, 5) is 61.3. The number of nitrogens with zero attached hydrogens (tertiary/aromatic N) is 1. The Bertz CT molecular complexity index is 1100. The van der Waals surface area contributed by atoms with Crippen molar-refractivity contribution in [2.75, 3.05) is 18.1 Å². The van der Waals surface area contributed by atoms with Gasteiger partial charge in [0.2, 0.25) is 0 Å². The molecule has 2 N–H and O–H groups in total. The van der Waals surface area contributed by atoms with Gasteiger partial charge in [-0.15, -0.1) is 6.58 Å². The fourth-order valence-electron chi connectivity index (χ4n) is 2.78. The molecule has 0 atom stereocenters. The van der Waals surface area contributed by atoms with E-state index in [1.54, 1.807) is 0 Å². The van der Waals surface area contributed by atoms with Crippen LogP contribution in [0.2, 0.25) is 0 Å². The summed E-state index contributed by atoms with van der Waals surface area (Å²) in [6, 6.07) is 7.77. The van der Waals surface area contributed by atoms with E-state index >= 15 is 0 Å². The number of anilines is 1. The Morgan fingerprint density at radius 1 is 1.03 bits per heavy atom. The lowest BCUT2D eigenvalue weighted by atomic mass is 10.1. The van der Waals surface area contributed by atoms with Crippen LogP contribution in [0.3, 0.4) is 0 Å². The van der Waals surface area contributed by atoms with E-state index in [0.29, 0.717) is 0 Å². The largest absolute Gasteiger partial charge is 0.452 e. The van der Waals surface area contributed by atoms with Gasteiger partial charge in [-0.2, -0.15) is 0 Å². The first-order valence-corrected chi connectivity index (χ1v) is 8.96. The molecule has 0 spiro atoms. The molecule has 10 heteroatoms. The summed E-state index contributed by atoms with van der Waals surface area (Å²) in [7, 11) is 0. The van der Waals surface area contributed by atoms with E-state index in [1.165, 1.54) is 36.4 Å². The number of fused-ring (bicyclic) bond motifs is 1. The summed E-state index contributed by atoms with van der Waals surface area (Å²) < 4.78 is 18.0. The van der Waals surface area contributed by atoms with Gasteiger partial charge < -0.3 is 10.1 Å². The predicted octanol–water partition coefficient (Wildman–Crippen LogP) is 1.79. The van der Waals surface area contributed by atoms with Crippen LogP contribution in [0, 0.1) is 5.82 Å². The number of urea groups is 1. The molecule has 5 amide bonds. The number of amides is 5. The van der Waals surface area contributed by atoms with Crippen LogP contribution in [0.25, 0.3) is 0 Å². The Kier molecular flexibility index (Phi) is 6.20. The Morgan fingerprint density at radius 2 is 1.71 bits per heavy atom. The van der Waals surface area contributed by atoms with Gasteiger partial charge in [-0.25, -0.2) is 18.9 Å². The van der Waals surface area contributed by atoms with Gasteiger partial charge in [-0.05, 0) is 42.5 Å². The molecule has 1 heterocycles. The maximum Gasteiger partial charge on any atom is 0.338 e. The highest BCUT2D eigenvalue weighted by molar-refractivity contribution is 6.34. The first-order valence-electron chi connectivity index (χ1n) is 8.96. The van der Waals surface area contributed by atoms with Gasteiger partial charge in [0.1, 0.15) is 5.82 Å². The Labute approximate surface area is 175 Å². The molecule has 1 aliphatic heterocycles. The highest BCUT2D eigenvalue weighted by Gasteiger charge is 2.37. The minimum atomic E-state index is -0.926. The zero-order chi connectivity index (χ0) is 22.5. The number of ether oxygens (including phenoxy) is 1. The molecule has 0 aromatic heterocycles. The number of rotatable bonds is 6. The van der Waals surface area contributed by atoms with E-state index in [-0.39, 0.29) is 28.9 Å². The molecule has 9 nitrogen and oxygen atoms in total. The number of benzene rings is 2. The van der Waals surface area contributed by atoms with E-state index < -0.39 is 42.1 Å². The fraction of sp³-hybridized carbons (Fsp3) is 0.0952. The molecule has 0 unspecified atom stereocenters. The van der Waals surface area contributed by atoms with E-state index in [4.69, 9.17) is 4.74 Å². The number of esters is 1. The van der Waals surface area contributed by atoms with Gasteiger partial charge in [0.05, 0.1) is 22.4 Å². The molecule has 3 rings (SSSR count). The summed E-state index contributed by atoms with van der Waals surface area (Å²) in [6.45, 7) is 2.82. The van der Waals surface area contributed by atoms with E-state index in [1.807, 2.05) is 5.32 Å². The third kappa shape index (κ3) is 4.64. The monoisotopic (exact) mass is 425 g/mol. The van der Waals surface area contributed by atoms with Crippen LogP contribution in [0.4, 0.5) is 14.9 Å². The summed E-state index contributed by atoms with van der Waals surface area (Å²) in [5.74, 6) is -3.60. The number of imide groups is 2. The number of hydrogen-bond donors (Lipinski definition) is 2. The summed E-state index contributed by atoms with van der Waals surface area (Å²) >= 11 is 0. The second kappa shape index (κ2) is 8.99. The Balaban J connectivity index is 1.68.